The Bertz CT molecular complexity index is 1060. The number of nitriles is 1. The number of rotatable bonds is 2. The van der Waals surface area contributed by atoms with Gasteiger partial charge in [0, 0.05) is 24.0 Å². The smallest absolute Gasteiger partial charge is 0.266 e. The molecule has 0 radical (unpaired) electrons. The highest BCUT2D eigenvalue weighted by atomic mass is 32.1. The first kappa shape index (κ1) is 17.8. The van der Waals surface area contributed by atoms with E-state index in [9.17, 15) is 10.1 Å². The molecule has 1 saturated heterocycles. The van der Waals surface area contributed by atoms with Gasteiger partial charge in [0.25, 0.3) is 5.91 Å². The van der Waals surface area contributed by atoms with Crippen molar-refractivity contribution in [2.24, 2.45) is 5.92 Å². The Morgan fingerprint density at radius 1 is 1.44 bits per heavy atom. The molecule has 0 spiro atoms. The molecule has 0 bridgehead atoms. The average molecular weight is 398 g/mol. The van der Waals surface area contributed by atoms with Crippen molar-refractivity contribution in [3.63, 3.8) is 0 Å². The molecule has 0 aromatic carbocycles. The minimum atomic E-state index is -0.0598. The summed E-state index contributed by atoms with van der Waals surface area (Å²) in [5, 5.41) is 14.1. The lowest BCUT2D eigenvalue weighted by Gasteiger charge is -2.30. The number of hydrogen-bond donors (Lipinski definition) is 2. The zero-order valence-electron chi connectivity index (χ0n) is 14.9. The molecular formula is C19H19N5OS2. The van der Waals surface area contributed by atoms with Crippen LogP contribution in [0.5, 0.6) is 0 Å². The van der Waals surface area contributed by atoms with Crippen LogP contribution >= 0.6 is 22.7 Å². The normalized spacial score (nSPS) is 17.2. The molecule has 0 saturated carbocycles. The summed E-state index contributed by atoms with van der Waals surface area (Å²) in [4.78, 5) is 20.4. The average Bonchev–Trinajstić information content (AvgIpc) is 3.28. The Kier molecular flexibility index (Phi) is 4.50. The fraction of sp³-hybridized carbons (Fsp3) is 0.316. The van der Waals surface area contributed by atoms with Gasteiger partial charge < -0.3 is 16.4 Å². The lowest BCUT2D eigenvalue weighted by Crippen LogP contribution is -2.39. The molecule has 6 nitrogen and oxygen atoms in total. The molecule has 1 unspecified atom stereocenters. The van der Waals surface area contributed by atoms with Crippen LogP contribution in [0.1, 0.15) is 35.0 Å². The van der Waals surface area contributed by atoms with E-state index in [0.29, 0.717) is 37.8 Å². The van der Waals surface area contributed by atoms with Crippen LogP contribution in [0.3, 0.4) is 0 Å². The summed E-state index contributed by atoms with van der Waals surface area (Å²) in [6.07, 6.45) is 2.14. The molecule has 3 aromatic rings. The number of nitrogen functional groups attached to an aromatic ring is 2. The Morgan fingerprint density at radius 3 is 2.93 bits per heavy atom. The van der Waals surface area contributed by atoms with Crippen LogP contribution in [-0.2, 0) is 0 Å². The van der Waals surface area contributed by atoms with Crippen LogP contribution in [0.25, 0.3) is 21.3 Å². The number of amides is 1. The summed E-state index contributed by atoms with van der Waals surface area (Å²) in [7, 11) is 0. The van der Waals surface area contributed by atoms with Crippen molar-refractivity contribution in [1.29, 1.82) is 5.26 Å². The molecule has 1 aliphatic rings. The molecule has 0 aliphatic carbocycles. The number of carbonyl (C=O) groups excluding carboxylic acids is 1. The molecule has 4 N–H and O–H groups in total. The van der Waals surface area contributed by atoms with E-state index in [0.717, 1.165) is 31.5 Å². The third-order valence-electron chi connectivity index (χ3n) is 4.96. The second kappa shape index (κ2) is 6.83. The van der Waals surface area contributed by atoms with Gasteiger partial charge >= 0.3 is 0 Å². The van der Waals surface area contributed by atoms with Gasteiger partial charge in [-0.3, -0.25) is 4.79 Å². The van der Waals surface area contributed by atoms with Crippen molar-refractivity contribution < 1.29 is 4.79 Å². The summed E-state index contributed by atoms with van der Waals surface area (Å²) >= 11 is 2.79. The Hall–Kier alpha value is -2.63. The number of likely N-dealkylation sites (tertiary alicyclic amines) is 1. The first-order valence-electron chi connectivity index (χ1n) is 8.74. The van der Waals surface area contributed by atoms with Crippen LogP contribution in [0.15, 0.2) is 16.8 Å². The topological polar surface area (TPSA) is 109 Å². The molecule has 138 valence electrons. The highest BCUT2D eigenvalue weighted by Crippen LogP contribution is 2.43. The highest BCUT2D eigenvalue weighted by molar-refractivity contribution is 7.21. The molecule has 1 fully saturated rings. The van der Waals surface area contributed by atoms with Crippen molar-refractivity contribution in [3.05, 3.63) is 27.3 Å². The van der Waals surface area contributed by atoms with E-state index < -0.39 is 0 Å². The molecule has 27 heavy (non-hydrogen) atoms. The van der Waals surface area contributed by atoms with Crippen molar-refractivity contribution in [2.75, 3.05) is 24.6 Å². The lowest BCUT2D eigenvalue weighted by atomic mass is 9.98. The molecular weight excluding hydrogens is 378 g/mol. The molecule has 4 heterocycles. The van der Waals surface area contributed by atoms with Crippen molar-refractivity contribution in [1.82, 2.24) is 9.88 Å². The van der Waals surface area contributed by atoms with E-state index in [2.05, 4.69) is 18.0 Å². The maximum absolute atomic E-state index is 13.1. The highest BCUT2D eigenvalue weighted by Gasteiger charge is 2.28. The fourth-order valence-corrected chi connectivity index (χ4v) is 5.38. The summed E-state index contributed by atoms with van der Waals surface area (Å²) in [6, 6.07) is 4.07. The van der Waals surface area contributed by atoms with Gasteiger partial charge in [0.05, 0.1) is 5.69 Å². The van der Waals surface area contributed by atoms with Crippen LogP contribution in [-0.4, -0.2) is 28.9 Å². The van der Waals surface area contributed by atoms with Gasteiger partial charge in [-0.1, -0.05) is 6.92 Å². The molecule has 1 atom stereocenters. The van der Waals surface area contributed by atoms with E-state index in [-0.39, 0.29) is 11.7 Å². The van der Waals surface area contributed by atoms with Crippen LogP contribution in [0.4, 0.5) is 11.5 Å². The predicted molar refractivity (Wildman–Crippen MR) is 111 cm³/mol. The van der Waals surface area contributed by atoms with Gasteiger partial charge in [0.15, 0.2) is 0 Å². The second-order valence-electron chi connectivity index (χ2n) is 6.89. The Morgan fingerprint density at radius 2 is 2.26 bits per heavy atom. The third kappa shape index (κ3) is 2.93. The summed E-state index contributed by atoms with van der Waals surface area (Å²) in [6.45, 7) is 3.64. The Balaban J connectivity index is 1.91. The lowest BCUT2D eigenvalue weighted by molar-refractivity contribution is 0.0689. The van der Waals surface area contributed by atoms with E-state index in [1.165, 1.54) is 22.7 Å². The van der Waals surface area contributed by atoms with Gasteiger partial charge in [-0.2, -0.15) is 16.6 Å². The summed E-state index contributed by atoms with van der Waals surface area (Å²) in [5.74, 6) is 0.590. The van der Waals surface area contributed by atoms with Crippen molar-refractivity contribution >= 4 is 50.3 Å². The number of carbonyl (C=O) groups is 1. The number of piperidine rings is 1. The van der Waals surface area contributed by atoms with E-state index >= 15 is 0 Å². The number of aromatic nitrogens is 1. The number of nitrogens with two attached hydrogens (primary N) is 2. The standard InChI is InChI=1S/C19H19N5OS2/c1-10-3-2-5-24(8-10)19(25)16-15(21)14-13(11-4-6-26-9-11)12(7-20)17(22)23-18(14)27-16/h4,6,9-10H,2-3,5,8,21H2,1H3,(H2,22,23). The van der Waals surface area contributed by atoms with Gasteiger partial charge in [0.2, 0.25) is 0 Å². The SMILES string of the molecule is CC1CCCN(C(=O)c2sc3nc(N)c(C#N)c(-c4ccsc4)c3c2N)C1. The fourth-order valence-electron chi connectivity index (χ4n) is 3.66. The van der Waals surface area contributed by atoms with Crippen LogP contribution in [0, 0.1) is 17.2 Å². The van der Waals surface area contributed by atoms with E-state index in [1.54, 1.807) is 0 Å². The monoisotopic (exact) mass is 397 g/mol. The number of fused-ring (bicyclic) bond motifs is 1. The van der Waals surface area contributed by atoms with Crippen LogP contribution < -0.4 is 11.5 Å². The summed E-state index contributed by atoms with van der Waals surface area (Å²) in [5.41, 5.74) is 14.7. The zero-order valence-corrected chi connectivity index (χ0v) is 16.5. The van der Waals surface area contributed by atoms with Gasteiger partial charge in [0.1, 0.15) is 27.2 Å². The number of thiophene rings is 2. The molecule has 4 rings (SSSR count). The quantitative estimate of drug-likeness (QED) is 0.681. The van der Waals surface area contributed by atoms with Crippen molar-refractivity contribution in [3.8, 4) is 17.2 Å². The first-order valence-corrected chi connectivity index (χ1v) is 10.5. The van der Waals surface area contributed by atoms with E-state index in [1.807, 2.05) is 21.7 Å². The van der Waals surface area contributed by atoms with Gasteiger partial charge in [-0.15, -0.1) is 11.3 Å². The summed E-state index contributed by atoms with van der Waals surface area (Å²) < 4.78 is 0. The second-order valence-corrected chi connectivity index (χ2v) is 8.67. The van der Waals surface area contributed by atoms with E-state index in [4.69, 9.17) is 11.5 Å². The predicted octanol–water partition coefficient (Wildman–Crippen LogP) is 3.93. The number of hydrogen-bond acceptors (Lipinski definition) is 7. The van der Waals surface area contributed by atoms with Gasteiger partial charge in [-0.25, -0.2) is 4.98 Å². The minimum absolute atomic E-state index is 0.0598. The number of pyridine rings is 1. The largest absolute Gasteiger partial charge is 0.397 e. The molecule has 1 amide bonds. The van der Waals surface area contributed by atoms with Crippen LogP contribution in [0.2, 0.25) is 0 Å². The first-order chi connectivity index (χ1) is 13.0. The third-order valence-corrected chi connectivity index (χ3v) is 6.74. The number of nitrogens with zero attached hydrogens (tertiary/aromatic N) is 3. The molecule has 8 heteroatoms. The molecule has 1 aliphatic heterocycles. The maximum Gasteiger partial charge on any atom is 0.266 e. The van der Waals surface area contributed by atoms with Gasteiger partial charge in [-0.05, 0) is 41.1 Å². The number of anilines is 2. The molecule has 3 aromatic heterocycles. The minimum Gasteiger partial charge on any atom is -0.397 e. The van der Waals surface area contributed by atoms with Crippen molar-refractivity contribution in [2.45, 2.75) is 19.8 Å². The maximum atomic E-state index is 13.1. The zero-order chi connectivity index (χ0) is 19.1. The Labute approximate surface area is 165 Å².